The lowest BCUT2D eigenvalue weighted by molar-refractivity contribution is -0.276. The first-order chi connectivity index (χ1) is 21.4. The van der Waals surface area contributed by atoms with Crippen LogP contribution in [0, 0.1) is 5.92 Å². The molecule has 8 nitrogen and oxygen atoms in total. The topological polar surface area (TPSA) is 91.3 Å². The summed E-state index contributed by atoms with van der Waals surface area (Å²) < 4.78 is 41.5. The molecule has 2 N–H and O–H groups in total. The Kier molecular flexibility index (Phi) is 10.1. The highest BCUT2D eigenvalue weighted by Crippen LogP contribution is 2.42. The van der Waals surface area contributed by atoms with E-state index in [-0.39, 0.29) is 36.2 Å². The van der Waals surface area contributed by atoms with Crippen LogP contribution in [0.25, 0.3) is 0 Å². The van der Waals surface area contributed by atoms with Crippen LogP contribution in [0.1, 0.15) is 67.3 Å². The largest absolute Gasteiger partial charge is 0.392 e. The van der Waals surface area contributed by atoms with Gasteiger partial charge in [-0.25, -0.2) is 13.1 Å². The van der Waals surface area contributed by atoms with Gasteiger partial charge in [0.2, 0.25) is 10.0 Å². The van der Waals surface area contributed by atoms with Crippen LogP contribution in [0.15, 0.2) is 83.8 Å². The minimum Gasteiger partial charge on any atom is -0.392 e. The number of hydrogen-bond acceptors (Lipinski definition) is 7. The molecule has 0 bridgehead atoms. The first-order valence-corrected chi connectivity index (χ1v) is 17.5. The molecule has 0 amide bonds. The lowest BCUT2D eigenvalue weighted by Crippen LogP contribution is -2.48. The lowest BCUT2D eigenvalue weighted by Gasteiger charge is -2.43. The van der Waals surface area contributed by atoms with E-state index in [1.807, 2.05) is 36.4 Å². The summed E-state index contributed by atoms with van der Waals surface area (Å²) in [7, 11) is -3.59. The summed E-state index contributed by atoms with van der Waals surface area (Å²) in [4.78, 5) is 5.50. The van der Waals surface area contributed by atoms with E-state index in [0.29, 0.717) is 6.04 Å². The van der Waals surface area contributed by atoms with Crippen LogP contribution in [0.4, 0.5) is 0 Å². The van der Waals surface area contributed by atoms with Crippen molar-refractivity contribution in [3.8, 4) is 0 Å². The zero-order valence-electron chi connectivity index (χ0n) is 25.6. The van der Waals surface area contributed by atoms with Crippen molar-refractivity contribution in [2.75, 3.05) is 32.7 Å². The summed E-state index contributed by atoms with van der Waals surface area (Å²) in [5, 5.41) is 9.57. The Morgan fingerprint density at radius 3 is 2.20 bits per heavy atom. The highest BCUT2D eigenvalue weighted by Gasteiger charge is 2.40. The molecular weight excluding hydrogens is 574 g/mol. The molecule has 6 rings (SSSR count). The molecule has 5 unspecified atom stereocenters. The molecule has 3 aliphatic rings. The zero-order chi connectivity index (χ0) is 30.5. The van der Waals surface area contributed by atoms with Gasteiger partial charge < -0.3 is 19.5 Å². The number of aliphatic hydroxyl groups is 1. The summed E-state index contributed by atoms with van der Waals surface area (Å²) >= 11 is 0. The fourth-order valence-corrected chi connectivity index (χ4v) is 7.86. The Labute approximate surface area is 262 Å². The number of ether oxygens (including phenoxy) is 2. The third kappa shape index (κ3) is 7.42. The quantitative estimate of drug-likeness (QED) is 0.312. The molecule has 3 aromatic carbocycles. The third-order valence-electron chi connectivity index (χ3n) is 9.48. The van der Waals surface area contributed by atoms with Crippen LogP contribution in [-0.2, 0) is 32.6 Å². The number of sulfonamides is 1. The molecule has 0 spiro atoms. The molecule has 3 fully saturated rings. The van der Waals surface area contributed by atoms with Gasteiger partial charge in [-0.2, -0.15) is 0 Å². The average molecular weight is 620 g/mol. The van der Waals surface area contributed by atoms with E-state index in [9.17, 15) is 13.5 Å². The number of likely N-dealkylation sites (tertiary alicyclic amines) is 2. The van der Waals surface area contributed by atoms with E-state index in [1.165, 1.54) is 38.8 Å². The van der Waals surface area contributed by atoms with E-state index in [0.717, 1.165) is 41.9 Å². The average Bonchev–Trinajstić information content (AvgIpc) is 3.74. The molecule has 3 saturated heterocycles. The van der Waals surface area contributed by atoms with Gasteiger partial charge in [0.15, 0.2) is 6.29 Å². The van der Waals surface area contributed by atoms with E-state index in [2.05, 4.69) is 33.6 Å². The first kappa shape index (κ1) is 31.4. The van der Waals surface area contributed by atoms with E-state index in [4.69, 9.17) is 9.47 Å². The molecule has 5 atom stereocenters. The predicted molar refractivity (Wildman–Crippen MR) is 170 cm³/mol. The van der Waals surface area contributed by atoms with Crippen LogP contribution in [0.2, 0.25) is 0 Å². The maximum atomic E-state index is 12.7. The van der Waals surface area contributed by atoms with E-state index < -0.39 is 16.3 Å². The van der Waals surface area contributed by atoms with Gasteiger partial charge in [0.05, 0.1) is 23.7 Å². The van der Waals surface area contributed by atoms with Crippen LogP contribution in [-0.4, -0.2) is 68.2 Å². The number of benzene rings is 3. The predicted octanol–water partition coefficient (Wildman–Crippen LogP) is 5.01. The molecule has 0 aromatic heterocycles. The van der Waals surface area contributed by atoms with Crippen molar-refractivity contribution in [3.05, 3.63) is 101 Å². The van der Waals surface area contributed by atoms with Crippen molar-refractivity contribution in [2.24, 2.45) is 5.92 Å². The van der Waals surface area contributed by atoms with Crippen molar-refractivity contribution in [1.82, 2.24) is 14.5 Å². The smallest absolute Gasteiger partial charge is 0.240 e. The molecule has 0 saturated carbocycles. The Morgan fingerprint density at radius 2 is 1.50 bits per heavy atom. The van der Waals surface area contributed by atoms with Crippen molar-refractivity contribution >= 4 is 10.0 Å². The van der Waals surface area contributed by atoms with Crippen molar-refractivity contribution < 1.29 is 23.0 Å². The monoisotopic (exact) mass is 619 g/mol. The van der Waals surface area contributed by atoms with Crippen LogP contribution >= 0.6 is 0 Å². The zero-order valence-corrected chi connectivity index (χ0v) is 26.4. The number of nitrogens with zero attached hydrogens (tertiary/aromatic N) is 2. The fourth-order valence-electron chi connectivity index (χ4n) is 6.82. The maximum absolute atomic E-state index is 12.7. The van der Waals surface area contributed by atoms with E-state index in [1.54, 1.807) is 30.3 Å². The molecule has 3 aromatic rings. The van der Waals surface area contributed by atoms with Gasteiger partial charge in [0.25, 0.3) is 0 Å². The van der Waals surface area contributed by atoms with E-state index >= 15 is 0 Å². The second kappa shape index (κ2) is 14.2. The van der Waals surface area contributed by atoms with Gasteiger partial charge in [0, 0.05) is 37.2 Å². The highest BCUT2D eigenvalue weighted by atomic mass is 32.2. The summed E-state index contributed by atoms with van der Waals surface area (Å²) in [6, 6.07) is 24.8. The number of nitrogens with one attached hydrogen (secondary N) is 1. The number of aliphatic hydroxyl groups excluding tert-OH is 1. The third-order valence-corrected chi connectivity index (χ3v) is 10.9. The second-order valence-corrected chi connectivity index (χ2v) is 14.3. The standard InChI is InChI=1S/C35H45N3O5S/c1-26-33(24-38-21-7-8-31(38)23-37-19-5-6-20-37)42-35(43-34(26)29-15-13-28(25-39)14-16-29)30-17-11-27(12-18-30)22-36-44(40,41)32-9-3-2-4-10-32/h2-4,9-18,26,31,33-36,39H,5-8,19-25H2,1H3. The summed E-state index contributed by atoms with van der Waals surface area (Å²) in [6.07, 6.45) is 4.34. The molecule has 236 valence electrons. The van der Waals surface area contributed by atoms with Crippen LogP contribution in [0.3, 0.4) is 0 Å². The summed E-state index contributed by atoms with van der Waals surface area (Å²) in [6.45, 7) is 7.96. The van der Waals surface area contributed by atoms with Crippen molar-refractivity contribution in [1.29, 1.82) is 0 Å². The minimum atomic E-state index is -3.59. The van der Waals surface area contributed by atoms with Gasteiger partial charge in [-0.05, 0) is 74.1 Å². The maximum Gasteiger partial charge on any atom is 0.240 e. The fraction of sp³-hybridized carbons (Fsp3) is 0.486. The Bertz CT molecular complexity index is 1450. The summed E-state index contributed by atoms with van der Waals surface area (Å²) in [5.41, 5.74) is 3.72. The Hall–Kier alpha value is -2.63. The first-order valence-electron chi connectivity index (χ1n) is 16.0. The molecule has 44 heavy (non-hydrogen) atoms. The molecule has 9 heteroatoms. The molecule has 3 heterocycles. The molecule has 3 aliphatic heterocycles. The van der Waals surface area contributed by atoms with Crippen LogP contribution in [0.5, 0.6) is 0 Å². The lowest BCUT2D eigenvalue weighted by atomic mass is 9.90. The minimum absolute atomic E-state index is 0.0109. The number of hydrogen-bond donors (Lipinski definition) is 2. The second-order valence-electron chi connectivity index (χ2n) is 12.5. The van der Waals surface area contributed by atoms with Gasteiger partial charge in [-0.15, -0.1) is 0 Å². The van der Waals surface area contributed by atoms with Crippen LogP contribution < -0.4 is 4.72 Å². The van der Waals surface area contributed by atoms with Gasteiger partial charge in [0.1, 0.15) is 0 Å². The SMILES string of the molecule is CC1C(CN2CCCC2CN2CCCC2)OC(c2ccc(CNS(=O)(=O)c3ccccc3)cc2)OC1c1ccc(CO)cc1. The molecular formula is C35H45N3O5S. The Morgan fingerprint density at radius 1 is 0.818 bits per heavy atom. The highest BCUT2D eigenvalue weighted by molar-refractivity contribution is 7.89. The Balaban J connectivity index is 1.17. The normalized spacial score (nSPS) is 26.7. The summed E-state index contributed by atoms with van der Waals surface area (Å²) in [5.74, 6) is 0.130. The van der Waals surface area contributed by atoms with Crippen molar-refractivity contribution in [3.63, 3.8) is 0 Å². The van der Waals surface area contributed by atoms with Gasteiger partial charge in [-0.3, -0.25) is 4.90 Å². The number of rotatable bonds is 11. The van der Waals surface area contributed by atoms with Gasteiger partial charge >= 0.3 is 0 Å². The molecule has 0 radical (unpaired) electrons. The van der Waals surface area contributed by atoms with Gasteiger partial charge in [-0.1, -0.05) is 73.7 Å². The van der Waals surface area contributed by atoms with Crippen molar-refractivity contribution in [2.45, 2.75) is 75.2 Å². The molecule has 0 aliphatic carbocycles.